The molecule has 1 aliphatic rings. The standard InChI is InChI=1S/C16H13NO13S3/c1-5-2-7(32(25,26)27)13(18)11-9(5)15(20)12-10(16(11)21)6(17-4-31(22,23)24)3-8(14(12)19)33(28,29)30/h2-3,17-19H,4H2,1H3,(H,22,23,24)(H,25,26,27)(H,28,29,30). The maximum Gasteiger partial charge on any atom is 0.298 e. The highest BCUT2D eigenvalue weighted by molar-refractivity contribution is 7.86. The van der Waals surface area contributed by atoms with Gasteiger partial charge in [0.05, 0.1) is 16.7 Å². The molecule has 3 rings (SSSR count). The van der Waals surface area contributed by atoms with E-state index in [1.807, 2.05) is 5.32 Å². The first-order valence-electron chi connectivity index (χ1n) is 8.36. The van der Waals surface area contributed by atoms with E-state index in [1.54, 1.807) is 0 Å². The number of phenols is 2. The summed E-state index contributed by atoms with van der Waals surface area (Å²) in [5.41, 5.74) is -4.56. The number of hydrogen-bond donors (Lipinski definition) is 6. The number of ketones is 2. The number of aryl methyl sites for hydroxylation is 1. The molecule has 0 bridgehead atoms. The van der Waals surface area contributed by atoms with Gasteiger partial charge >= 0.3 is 0 Å². The van der Waals surface area contributed by atoms with Crippen LogP contribution < -0.4 is 5.32 Å². The Morgan fingerprint density at radius 2 is 1.15 bits per heavy atom. The summed E-state index contributed by atoms with van der Waals surface area (Å²) in [6.07, 6.45) is 0. The number of rotatable bonds is 5. The van der Waals surface area contributed by atoms with Gasteiger partial charge in [-0.15, -0.1) is 0 Å². The maximum absolute atomic E-state index is 13.2. The van der Waals surface area contributed by atoms with E-state index < -0.39 is 97.0 Å². The number of anilines is 1. The summed E-state index contributed by atoms with van der Waals surface area (Å²) in [5, 5.41) is 22.7. The summed E-state index contributed by atoms with van der Waals surface area (Å²) in [4.78, 5) is 23.9. The van der Waals surface area contributed by atoms with E-state index >= 15 is 0 Å². The molecule has 0 fully saturated rings. The average Bonchev–Trinajstić information content (AvgIpc) is 2.63. The Kier molecular flexibility index (Phi) is 5.56. The quantitative estimate of drug-likeness (QED) is 0.189. The normalized spacial score (nSPS) is 14.1. The molecule has 14 nitrogen and oxygen atoms in total. The molecule has 17 heteroatoms. The molecule has 0 spiro atoms. The van der Waals surface area contributed by atoms with Crippen LogP contribution in [0.15, 0.2) is 21.9 Å². The third-order valence-corrected chi connectivity index (χ3v) is 6.88. The topological polar surface area (TPSA) is 250 Å². The smallest absolute Gasteiger partial charge is 0.298 e. The number of fused-ring (bicyclic) bond motifs is 2. The molecule has 2 aromatic rings. The van der Waals surface area contributed by atoms with Gasteiger partial charge in [0.15, 0.2) is 5.78 Å². The predicted octanol–water partition coefficient (Wildman–Crippen LogP) is -0.0678. The van der Waals surface area contributed by atoms with Crippen LogP contribution in [-0.2, 0) is 30.4 Å². The largest absolute Gasteiger partial charge is 0.506 e. The van der Waals surface area contributed by atoms with Gasteiger partial charge in [-0.1, -0.05) is 0 Å². The van der Waals surface area contributed by atoms with Crippen LogP contribution in [0.5, 0.6) is 11.5 Å². The second kappa shape index (κ2) is 7.47. The van der Waals surface area contributed by atoms with Gasteiger partial charge in [0.1, 0.15) is 27.2 Å². The van der Waals surface area contributed by atoms with Crippen molar-refractivity contribution in [1.29, 1.82) is 0 Å². The van der Waals surface area contributed by atoms with E-state index in [0.717, 1.165) is 6.92 Å². The lowest BCUT2D eigenvalue weighted by atomic mass is 9.80. The lowest BCUT2D eigenvalue weighted by Crippen LogP contribution is -2.26. The van der Waals surface area contributed by atoms with E-state index in [1.165, 1.54) is 0 Å². The van der Waals surface area contributed by atoms with Crippen molar-refractivity contribution in [3.63, 3.8) is 0 Å². The molecule has 0 aliphatic heterocycles. The van der Waals surface area contributed by atoms with Crippen LogP contribution in [0.2, 0.25) is 0 Å². The van der Waals surface area contributed by atoms with Gasteiger partial charge in [-0.2, -0.15) is 25.3 Å². The van der Waals surface area contributed by atoms with Crippen LogP contribution in [-0.4, -0.2) is 66.6 Å². The molecule has 0 unspecified atom stereocenters. The van der Waals surface area contributed by atoms with Crippen molar-refractivity contribution in [2.75, 3.05) is 11.2 Å². The Morgan fingerprint density at radius 3 is 1.61 bits per heavy atom. The zero-order chi connectivity index (χ0) is 25.3. The van der Waals surface area contributed by atoms with E-state index in [2.05, 4.69) is 0 Å². The van der Waals surface area contributed by atoms with Crippen LogP contribution in [0, 0.1) is 6.92 Å². The second-order valence-corrected chi connectivity index (χ2v) is 11.1. The molecule has 0 aromatic heterocycles. The maximum atomic E-state index is 13.2. The third-order valence-electron chi connectivity index (χ3n) is 4.64. The number of phenolic OH excluding ortho intramolecular Hbond substituents is 2. The van der Waals surface area contributed by atoms with Crippen molar-refractivity contribution in [2.45, 2.75) is 16.7 Å². The van der Waals surface area contributed by atoms with Crippen LogP contribution in [0.3, 0.4) is 0 Å². The van der Waals surface area contributed by atoms with Crippen LogP contribution in [0.1, 0.15) is 37.4 Å². The van der Waals surface area contributed by atoms with Crippen LogP contribution in [0.4, 0.5) is 5.69 Å². The van der Waals surface area contributed by atoms with Crippen molar-refractivity contribution < 1.29 is 58.7 Å². The highest BCUT2D eigenvalue weighted by Gasteiger charge is 2.41. The first-order valence-corrected chi connectivity index (χ1v) is 12.8. The summed E-state index contributed by atoms with van der Waals surface area (Å²) in [5.74, 6) is -6.71. The van der Waals surface area contributed by atoms with Crippen LogP contribution in [0.25, 0.3) is 0 Å². The second-order valence-electron chi connectivity index (χ2n) is 6.82. The fourth-order valence-corrected chi connectivity index (χ4v) is 4.97. The van der Waals surface area contributed by atoms with Gasteiger partial charge in [0, 0.05) is 11.3 Å². The molecule has 1 aliphatic carbocycles. The Bertz CT molecular complexity index is 1590. The molecule has 0 atom stereocenters. The molecular formula is C16H13NO13S3. The Hall–Kier alpha value is -3.09. The molecule has 0 heterocycles. The number of carbonyl (C=O) groups is 2. The van der Waals surface area contributed by atoms with Gasteiger partial charge in [-0.25, -0.2) is 0 Å². The Labute approximate surface area is 185 Å². The number of nitrogens with one attached hydrogen (secondary N) is 1. The highest BCUT2D eigenvalue weighted by atomic mass is 32.2. The molecule has 0 radical (unpaired) electrons. The highest BCUT2D eigenvalue weighted by Crippen LogP contribution is 2.45. The summed E-state index contributed by atoms with van der Waals surface area (Å²) < 4.78 is 96.4. The third kappa shape index (κ3) is 4.16. The van der Waals surface area contributed by atoms with E-state index in [4.69, 9.17) is 4.55 Å². The van der Waals surface area contributed by atoms with Crippen molar-refractivity contribution in [3.05, 3.63) is 39.9 Å². The number of hydrogen-bond acceptors (Lipinski definition) is 11. The molecule has 0 saturated heterocycles. The Balaban J connectivity index is 2.48. The summed E-state index contributed by atoms with van der Waals surface area (Å²) in [6, 6.07) is 1.04. The predicted molar refractivity (Wildman–Crippen MR) is 107 cm³/mol. The molecule has 33 heavy (non-hydrogen) atoms. The van der Waals surface area contributed by atoms with E-state index in [0.29, 0.717) is 12.1 Å². The molecular weight excluding hydrogens is 510 g/mol. The molecule has 0 saturated carbocycles. The molecule has 2 aromatic carbocycles. The van der Waals surface area contributed by atoms with Crippen molar-refractivity contribution in [1.82, 2.24) is 0 Å². The van der Waals surface area contributed by atoms with Gasteiger partial charge in [0.25, 0.3) is 30.4 Å². The van der Waals surface area contributed by atoms with Crippen molar-refractivity contribution in [3.8, 4) is 11.5 Å². The minimum atomic E-state index is -5.23. The first kappa shape index (κ1) is 24.6. The lowest BCUT2D eigenvalue weighted by Gasteiger charge is -2.25. The van der Waals surface area contributed by atoms with Crippen molar-refractivity contribution >= 4 is 47.6 Å². The number of aromatic hydroxyl groups is 2. The lowest BCUT2D eigenvalue weighted by molar-refractivity contribution is 0.0973. The monoisotopic (exact) mass is 523 g/mol. The number of benzene rings is 2. The van der Waals surface area contributed by atoms with Gasteiger partial charge < -0.3 is 15.5 Å². The zero-order valence-corrected chi connectivity index (χ0v) is 18.5. The molecule has 178 valence electrons. The van der Waals surface area contributed by atoms with E-state index in [9.17, 15) is 54.2 Å². The summed E-state index contributed by atoms with van der Waals surface area (Å²) in [7, 11) is -15.1. The Morgan fingerprint density at radius 1 is 0.727 bits per heavy atom. The molecule has 6 N–H and O–H groups in total. The minimum Gasteiger partial charge on any atom is -0.506 e. The summed E-state index contributed by atoms with van der Waals surface area (Å²) in [6.45, 7) is 1.12. The van der Waals surface area contributed by atoms with Crippen molar-refractivity contribution in [2.24, 2.45) is 0 Å². The molecule has 0 amide bonds. The van der Waals surface area contributed by atoms with Gasteiger partial charge in [0.2, 0.25) is 5.78 Å². The van der Waals surface area contributed by atoms with Crippen LogP contribution >= 0.6 is 0 Å². The average molecular weight is 523 g/mol. The first-order chi connectivity index (χ1) is 14.9. The van der Waals surface area contributed by atoms with E-state index in [-0.39, 0.29) is 5.56 Å². The van der Waals surface area contributed by atoms with Gasteiger partial charge in [-0.05, 0) is 24.6 Å². The van der Waals surface area contributed by atoms with Gasteiger partial charge in [-0.3, -0.25) is 23.2 Å². The fourth-order valence-electron chi connectivity index (χ4n) is 3.35. The fraction of sp³-hybridized carbons (Fsp3) is 0.125. The zero-order valence-electron chi connectivity index (χ0n) is 16.1. The SMILES string of the molecule is Cc1cc(S(=O)(=O)O)c(O)c2c1C(=O)c1c(O)c(S(=O)(=O)O)cc(NCS(=O)(=O)O)c1C2=O. The number of carbonyl (C=O) groups excluding carboxylic acids is 2. The minimum absolute atomic E-state index is 0.275. The summed E-state index contributed by atoms with van der Waals surface area (Å²) >= 11 is 0.